The van der Waals surface area contributed by atoms with Crippen molar-refractivity contribution in [2.45, 2.75) is 63.4 Å². The van der Waals surface area contributed by atoms with E-state index in [0.717, 1.165) is 44.3 Å². The number of rotatable bonds is 2. The second-order valence-electron chi connectivity index (χ2n) is 6.06. The minimum absolute atomic E-state index is 0.420. The Labute approximate surface area is 130 Å². The minimum atomic E-state index is -0.445. The van der Waals surface area contributed by atoms with Crippen molar-refractivity contribution in [3.8, 4) is 0 Å². The lowest BCUT2D eigenvalue weighted by molar-refractivity contribution is -0.0760. The monoisotopic (exact) mass is 314 g/mol. The van der Waals surface area contributed by atoms with Crippen molar-refractivity contribution in [1.29, 1.82) is 0 Å². The fourth-order valence-electron chi connectivity index (χ4n) is 3.31. The number of aromatic nitrogens is 2. The van der Waals surface area contributed by atoms with E-state index >= 15 is 0 Å². The van der Waals surface area contributed by atoms with Gasteiger partial charge in [0.2, 0.25) is 0 Å². The van der Waals surface area contributed by atoms with Gasteiger partial charge in [-0.3, -0.25) is 0 Å². The number of ether oxygens (including phenoxy) is 1. The summed E-state index contributed by atoms with van der Waals surface area (Å²) in [7, 11) is 0. The third-order valence-corrected chi connectivity index (χ3v) is 5.13. The van der Waals surface area contributed by atoms with E-state index in [1.165, 1.54) is 12.8 Å². The van der Waals surface area contributed by atoms with Crippen molar-refractivity contribution in [2.24, 2.45) is 0 Å². The SMILES string of the molecule is CC1(c2nc(Cl)c(C3CCCC3)c(Cl)n2)CCCCO1. The maximum atomic E-state index is 6.40. The molecular formula is C15H20Cl2N2O. The Bertz CT molecular complexity index is 472. The van der Waals surface area contributed by atoms with Crippen LogP contribution in [-0.2, 0) is 10.3 Å². The van der Waals surface area contributed by atoms with Crippen LogP contribution in [-0.4, -0.2) is 16.6 Å². The highest BCUT2D eigenvalue weighted by Gasteiger charge is 2.35. The maximum absolute atomic E-state index is 6.40. The molecule has 0 bridgehead atoms. The molecule has 5 heteroatoms. The fourth-order valence-corrected chi connectivity index (χ4v) is 4.01. The average molecular weight is 315 g/mol. The third-order valence-electron chi connectivity index (χ3n) is 4.56. The van der Waals surface area contributed by atoms with Crippen LogP contribution in [0.1, 0.15) is 69.2 Å². The largest absolute Gasteiger partial charge is 0.367 e. The Morgan fingerprint density at radius 1 is 1.05 bits per heavy atom. The summed E-state index contributed by atoms with van der Waals surface area (Å²) in [6, 6.07) is 0. The molecule has 1 saturated carbocycles. The zero-order chi connectivity index (χ0) is 14.2. The molecule has 3 rings (SSSR count). The Hall–Kier alpha value is -0.380. The van der Waals surface area contributed by atoms with Gasteiger partial charge in [-0.15, -0.1) is 0 Å². The highest BCUT2D eigenvalue weighted by molar-refractivity contribution is 6.34. The van der Waals surface area contributed by atoms with Gasteiger partial charge in [0.15, 0.2) is 5.82 Å². The number of hydrogen-bond acceptors (Lipinski definition) is 3. The molecule has 1 aliphatic carbocycles. The van der Waals surface area contributed by atoms with E-state index in [4.69, 9.17) is 27.9 Å². The summed E-state index contributed by atoms with van der Waals surface area (Å²) >= 11 is 12.8. The van der Waals surface area contributed by atoms with Gasteiger partial charge in [-0.25, -0.2) is 9.97 Å². The zero-order valence-electron chi connectivity index (χ0n) is 11.8. The topological polar surface area (TPSA) is 35.0 Å². The molecule has 1 saturated heterocycles. The molecule has 0 amide bonds. The third kappa shape index (κ3) is 2.68. The molecule has 2 aliphatic rings. The Kier molecular flexibility index (Phi) is 4.21. The van der Waals surface area contributed by atoms with Crippen molar-refractivity contribution in [3.63, 3.8) is 0 Å². The van der Waals surface area contributed by atoms with Crippen LogP contribution in [0.15, 0.2) is 0 Å². The number of halogens is 2. The first kappa shape index (κ1) is 14.6. The molecule has 1 aromatic rings. The zero-order valence-corrected chi connectivity index (χ0v) is 13.3. The Morgan fingerprint density at radius 2 is 1.70 bits per heavy atom. The van der Waals surface area contributed by atoms with Crippen LogP contribution in [0, 0.1) is 0 Å². The lowest BCUT2D eigenvalue weighted by Crippen LogP contribution is -2.32. The quantitative estimate of drug-likeness (QED) is 0.731. The van der Waals surface area contributed by atoms with Crippen LogP contribution in [0.4, 0.5) is 0 Å². The molecule has 1 aliphatic heterocycles. The van der Waals surface area contributed by atoms with E-state index in [-0.39, 0.29) is 0 Å². The van der Waals surface area contributed by atoms with E-state index < -0.39 is 5.60 Å². The molecule has 20 heavy (non-hydrogen) atoms. The van der Waals surface area contributed by atoms with Crippen molar-refractivity contribution >= 4 is 23.2 Å². The van der Waals surface area contributed by atoms with E-state index in [0.29, 0.717) is 22.0 Å². The van der Waals surface area contributed by atoms with E-state index in [9.17, 15) is 0 Å². The minimum Gasteiger partial charge on any atom is -0.367 e. The Balaban J connectivity index is 1.94. The first-order valence-electron chi connectivity index (χ1n) is 7.47. The van der Waals surface area contributed by atoms with Crippen molar-refractivity contribution < 1.29 is 4.74 Å². The lowest BCUT2D eigenvalue weighted by Gasteiger charge is -2.32. The van der Waals surface area contributed by atoms with Crippen molar-refractivity contribution in [2.75, 3.05) is 6.61 Å². The van der Waals surface area contributed by atoms with Crippen molar-refractivity contribution in [1.82, 2.24) is 9.97 Å². The second kappa shape index (κ2) is 5.78. The molecule has 3 nitrogen and oxygen atoms in total. The molecule has 1 atom stereocenters. The number of nitrogens with zero attached hydrogens (tertiary/aromatic N) is 2. The standard InChI is InChI=1S/C15H20Cl2N2O/c1-15(8-4-5-9-20-15)14-18-12(16)11(13(17)19-14)10-6-2-3-7-10/h10H,2-9H2,1H3. The summed E-state index contributed by atoms with van der Waals surface area (Å²) in [5.74, 6) is 1.05. The highest BCUT2D eigenvalue weighted by Crippen LogP contribution is 2.41. The molecule has 0 radical (unpaired) electrons. The van der Waals surface area contributed by atoms with Gasteiger partial charge < -0.3 is 4.74 Å². The molecule has 0 aromatic carbocycles. The molecule has 110 valence electrons. The predicted octanol–water partition coefficient (Wildman–Crippen LogP) is 4.86. The van der Waals surface area contributed by atoms with E-state index in [1.54, 1.807) is 0 Å². The smallest absolute Gasteiger partial charge is 0.163 e. The second-order valence-corrected chi connectivity index (χ2v) is 6.78. The molecular weight excluding hydrogens is 295 g/mol. The van der Waals surface area contributed by atoms with Crippen LogP contribution >= 0.6 is 23.2 Å². The number of hydrogen-bond donors (Lipinski definition) is 0. The van der Waals surface area contributed by atoms with Gasteiger partial charge in [0.05, 0.1) is 0 Å². The molecule has 0 N–H and O–H groups in total. The van der Waals surface area contributed by atoms with E-state index in [1.807, 2.05) is 6.92 Å². The molecule has 2 fully saturated rings. The normalized spacial score (nSPS) is 27.9. The fraction of sp³-hybridized carbons (Fsp3) is 0.733. The predicted molar refractivity (Wildman–Crippen MR) is 80.4 cm³/mol. The average Bonchev–Trinajstić information content (AvgIpc) is 2.92. The van der Waals surface area contributed by atoms with Gasteiger partial charge in [0.1, 0.15) is 15.9 Å². The Morgan fingerprint density at radius 3 is 2.25 bits per heavy atom. The van der Waals surface area contributed by atoms with Gasteiger partial charge in [-0.05, 0) is 44.9 Å². The van der Waals surface area contributed by atoms with Gasteiger partial charge in [0.25, 0.3) is 0 Å². The van der Waals surface area contributed by atoms with Crippen LogP contribution in [0.25, 0.3) is 0 Å². The van der Waals surface area contributed by atoms with Crippen LogP contribution in [0.3, 0.4) is 0 Å². The van der Waals surface area contributed by atoms with Gasteiger partial charge in [0, 0.05) is 12.2 Å². The van der Waals surface area contributed by atoms with Gasteiger partial charge in [-0.1, -0.05) is 36.0 Å². The van der Waals surface area contributed by atoms with Gasteiger partial charge >= 0.3 is 0 Å². The molecule has 0 spiro atoms. The van der Waals surface area contributed by atoms with Crippen LogP contribution in [0.5, 0.6) is 0 Å². The summed E-state index contributed by atoms with van der Waals surface area (Å²) in [5.41, 5.74) is 0.494. The maximum Gasteiger partial charge on any atom is 0.163 e. The molecule has 1 unspecified atom stereocenters. The van der Waals surface area contributed by atoms with Crippen LogP contribution in [0.2, 0.25) is 10.3 Å². The highest BCUT2D eigenvalue weighted by atomic mass is 35.5. The summed E-state index contributed by atoms with van der Waals surface area (Å²) in [5, 5.41) is 1.03. The van der Waals surface area contributed by atoms with E-state index in [2.05, 4.69) is 9.97 Å². The van der Waals surface area contributed by atoms with Crippen molar-refractivity contribution in [3.05, 3.63) is 21.7 Å². The summed E-state index contributed by atoms with van der Waals surface area (Å²) < 4.78 is 5.88. The first-order valence-corrected chi connectivity index (χ1v) is 8.23. The van der Waals surface area contributed by atoms with Gasteiger partial charge in [-0.2, -0.15) is 0 Å². The molecule has 1 aromatic heterocycles. The van der Waals surface area contributed by atoms with Crippen LogP contribution < -0.4 is 0 Å². The summed E-state index contributed by atoms with van der Waals surface area (Å²) in [6.07, 6.45) is 7.88. The molecule has 2 heterocycles. The summed E-state index contributed by atoms with van der Waals surface area (Å²) in [4.78, 5) is 9.04. The summed E-state index contributed by atoms with van der Waals surface area (Å²) in [6.45, 7) is 2.78. The lowest BCUT2D eigenvalue weighted by atomic mass is 9.94. The first-order chi connectivity index (χ1) is 9.60.